The van der Waals surface area contributed by atoms with Crippen LogP contribution in [0.3, 0.4) is 0 Å². The fraction of sp³-hybridized carbons (Fsp3) is 0.348. The van der Waals surface area contributed by atoms with Gasteiger partial charge in [0.2, 0.25) is 11.8 Å². The van der Waals surface area contributed by atoms with Gasteiger partial charge in [0.1, 0.15) is 6.54 Å². The van der Waals surface area contributed by atoms with Crippen molar-refractivity contribution in [1.29, 1.82) is 0 Å². The maximum absolute atomic E-state index is 12.3. The van der Waals surface area contributed by atoms with Gasteiger partial charge in [-0.2, -0.15) is 5.10 Å². The molecule has 6 nitrogen and oxygen atoms in total. The average molecular weight is 393 g/mol. The highest BCUT2D eigenvalue weighted by Gasteiger charge is 2.23. The zero-order chi connectivity index (χ0) is 20.5. The van der Waals surface area contributed by atoms with Crippen LogP contribution < -0.4 is 10.2 Å². The van der Waals surface area contributed by atoms with E-state index in [1.165, 1.54) is 10.7 Å². The van der Waals surface area contributed by atoms with E-state index in [1.54, 1.807) is 0 Å². The molecule has 1 heterocycles. The molecule has 1 N–H and O–H groups in total. The number of benzene rings is 2. The Balaban J connectivity index is 1.46. The lowest BCUT2D eigenvalue weighted by Gasteiger charge is -2.24. The minimum Gasteiger partial charge on any atom is -0.372 e. The van der Waals surface area contributed by atoms with Gasteiger partial charge in [0, 0.05) is 38.2 Å². The predicted octanol–water partition coefficient (Wildman–Crippen LogP) is 3.05. The number of carbonyl (C=O) groups excluding carboxylic acids is 2. The first-order chi connectivity index (χ1) is 14.2. The summed E-state index contributed by atoms with van der Waals surface area (Å²) in [6.45, 7) is 4.43. The van der Waals surface area contributed by atoms with Crippen LogP contribution in [0.2, 0.25) is 0 Å². The summed E-state index contributed by atoms with van der Waals surface area (Å²) >= 11 is 0. The number of amides is 2. The molecule has 1 aliphatic heterocycles. The van der Waals surface area contributed by atoms with Crippen molar-refractivity contribution < 1.29 is 9.59 Å². The fourth-order valence-electron chi connectivity index (χ4n) is 3.36. The van der Waals surface area contributed by atoms with Crippen LogP contribution in [-0.4, -0.2) is 48.7 Å². The van der Waals surface area contributed by atoms with Crippen LogP contribution in [0.4, 0.5) is 5.69 Å². The van der Waals surface area contributed by atoms with E-state index in [9.17, 15) is 9.59 Å². The normalized spacial score (nSPS) is 13.8. The van der Waals surface area contributed by atoms with Crippen LogP contribution in [0.1, 0.15) is 31.7 Å². The van der Waals surface area contributed by atoms with E-state index in [2.05, 4.69) is 34.4 Å². The summed E-state index contributed by atoms with van der Waals surface area (Å²) in [5, 5.41) is 8.62. The van der Waals surface area contributed by atoms with Crippen molar-refractivity contribution in [3.8, 4) is 0 Å². The first kappa shape index (κ1) is 20.6. The molecule has 0 bridgehead atoms. The van der Waals surface area contributed by atoms with Gasteiger partial charge in [0.05, 0.1) is 5.71 Å². The third-order valence-corrected chi connectivity index (χ3v) is 4.94. The number of carbonyl (C=O) groups is 2. The van der Waals surface area contributed by atoms with E-state index in [1.807, 2.05) is 48.5 Å². The molecule has 2 aromatic rings. The van der Waals surface area contributed by atoms with Crippen molar-refractivity contribution in [2.45, 2.75) is 26.2 Å². The highest BCUT2D eigenvalue weighted by Crippen LogP contribution is 2.15. The van der Waals surface area contributed by atoms with Gasteiger partial charge in [-0.1, -0.05) is 48.5 Å². The molecule has 0 aliphatic carbocycles. The van der Waals surface area contributed by atoms with Gasteiger partial charge in [-0.05, 0) is 31.0 Å². The first-order valence-corrected chi connectivity index (χ1v) is 10.2. The summed E-state index contributed by atoms with van der Waals surface area (Å²) in [5.41, 5.74) is 3.02. The third kappa shape index (κ3) is 5.91. The highest BCUT2D eigenvalue weighted by atomic mass is 16.2. The molecule has 29 heavy (non-hydrogen) atoms. The number of hydrazone groups is 1. The van der Waals surface area contributed by atoms with Gasteiger partial charge in [-0.15, -0.1) is 0 Å². The van der Waals surface area contributed by atoms with Crippen molar-refractivity contribution in [1.82, 2.24) is 10.3 Å². The Morgan fingerprint density at radius 3 is 2.45 bits per heavy atom. The Hall–Kier alpha value is -3.15. The average Bonchev–Trinajstić information content (AvgIpc) is 2.76. The van der Waals surface area contributed by atoms with Crippen LogP contribution in [0, 0.1) is 0 Å². The quantitative estimate of drug-likeness (QED) is 0.667. The number of hydrogen-bond donors (Lipinski definition) is 1. The molecule has 0 saturated carbocycles. The minimum atomic E-state index is -0.181. The molecular weight excluding hydrogens is 364 g/mol. The van der Waals surface area contributed by atoms with Crippen molar-refractivity contribution in [2.24, 2.45) is 5.10 Å². The lowest BCUT2D eigenvalue weighted by Crippen LogP contribution is -2.41. The van der Waals surface area contributed by atoms with E-state index in [0.717, 1.165) is 30.8 Å². The second-order valence-corrected chi connectivity index (χ2v) is 6.98. The molecule has 1 aliphatic rings. The van der Waals surface area contributed by atoms with Gasteiger partial charge < -0.3 is 10.2 Å². The van der Waals surface area contributed by atoms with E-state index >= 15 is 0 Å². The Bertz CT molecular complexity index is 836. The second-order valence-electron chi connectivity index (χ2n) is 6.98. The predicted molar refractivity (Wildman–Crippen MR) is 116 cm³/mol. The standard InChI is InChI=1S/C23H28N4O2/c1-2-26(20-12-7-4-8-13-20)17-9-16-24-22(28)18-27-23(29)15-14-21(25-27)19-10-5-3-6-11-19/h3-8,10-13H,2,9,14-18H2,1H3,(H,24,28). The fourth-order valence-corrected chi connectivity index (χ4v) is 3.36. The summed E-state index contributed by atoms with van der Waals surface area (Å²) in [6, 6.07) is 20.0. The maximum Gasteiger partial charge on any atom is 0.243 e. The Morgan fingerprint density at radius 2 is 1.76 bits per heavy atom. The van der Waals surface area contributed by atoms with E-state index < -0.39 is 0 Å². The Labute approximate surface area is 172 Å². The molecule has 0 spiro atoms. The molecule has 6 heteroatoms. The van der Waals surface area contributed by atoms with Gasteiger partial charge in [-0.25, -0.2) is 5.01 Å². The summed E-state index contributed by atoms with van der Waals surface area (Å²) in [5.74, 6) is -0.291. The Kier molecular flexibility index (Phi) is 7.39. The van der Waals surface area contributed by atoms with Crippen LogP contribution in [0.25, 0.3) is 0 Å². The zero-order valence-corrected chi connectivity index (χ0v) is 16.9. The van der Waals surface area contributed by atoms with Crippen LogP contribution in [0.5, 0.6) is 0 Å². The Morgan fingerprint density at radius 1 is 1.07 bits per heavy atom. The van der Waals surface area contributed by atoms with Crippen molar-refractivity contribution in [3.05, 3.63) is 66.2 Å². The number of rotatable bonds is 9. The van der Waals surface area contributed by atoms with Gasteiger partial charge in [0.15, 0.2) is 0 Å². The van der Waals surface area contributed by atoms with E-state index in [4.69, 9.17) is 0 Å². The second kappa shape index (κ2) is 10.4. The first-order valence-electron chi connectivity index (χ1n) is 10.2. The number of anilines is 1. The highest BCUT2D eigenvalue weighted by molar-refractivity contribution is 6.04. The summed E-state index contributed by atoms with van der Waals surface area (Å²) in [6.07, 6.45) is 1.82. The van der Waals surface area contributed by atoms with Crippen LogP contribution in [0.15, 0.2) is 65.8 Å². The third-order valence-electron chi connectivity index (χ3n) is 4.94. The molecule has 2 amide bonds. The van der Waals surface area contributed by atoms with Crippen molar-refractivity contribution in [2.75, 3.05) is 31.1 Å². The molecule has 152 valence electrons. The molecule has 2 aromatic carbocycles. The van der Waals surface area contributed by atoms with Gasteiger partial charge in [0.25, 0.3) is 0 Å². The lowest BCUT2D eigenvalue weighted by atomic mass is 10.0. The van der Waals surface area contributed by atoms with Gasteiger partial charge >= 0.3 is 0 Å². The van der Waals surface area contributed by atoms with E-state index in [0.29, 0.717) is 19.4 Å². The summed E-state index contributed by atoms with van der Waals surface area (Å²) in [7, 11) is 0. The molecule has 0 aromatic heterocycles. The molecule has 0 saturated heterocycles. The smallest absolute Gasteiger partial charge is 0.243 e. The van der Waals surface area contributed by atoms with E-state index in [-0.39, 0.29) is 18.4 Å². The maximum atomic E-state index is 12.3. The number of nitrogens with one attached hydrogen (secondary N) is 1. The lowest BCUT2D eigenvalue weighted by molar-refractivity contribution is -0.136. The number of para-hydroxylation sites is 1. The SMILES string of the molecule is CCN(CCCNC(=O)CN1N=C(c2ccccc2)CCC1=O)c1ccccc1. The summed E-state index contributed by atoms with van der Waals surface area (Å²) in [4.78, 5) is 26.7. The zero-order valence-electron chi connectivity index (χ0n) is 16.9. The van der Waals surface area contributed by atoms with Crippen molar-refractivity contribution >= 4 is 23.2 Å². The van der Waals surface area contributed by atoms with Crippen LogP contribution >= 0.6 is 0 Å². The molecular formula is C23H28N4O2. The molecule has 0 atom stereocenters. The minimum absolute atomic E-state index is 0.0364. The monoisotopic (exact) mass is 392 g/mol. The number of hydrogen-bond acceptors (Lipinski definition) is 4. The van der Waals surface area contributed by atoms with Crippen molar-refractivity contribution in [3.63, 3.8) is 0 Å². The number of nitrogens with zero attached hydrogens (tertiary/aromatic N) is 3. The topological polar surface area (TPSA) is 65.0 Å². The molecule has 0 fully saturated rings. The van der Waals surface area contributed by atoms with Crippen LogP contribution in [-0.2, 0) is 9.59 Å². The molecule has 0 radical (unpaired) electrons. The largest absolute Gasteiger partial charge is 0.372 e. The molecule has 0 unspecified atom stereocenters. The van der Waals surface area contributed by atoms with Gasteiger partial charge in [-0.3, -0.25) is 9.59 Å². The molecule has 3 rings (SSSR count). The summed E-state index contributed by atoms with van der Waals surface area (Å²) < 4.78 is 0.